The highest BCUT2D eigenvalue weighted by Crippen LogP contribution is 2.13. The highest BCUT2D eigenvalue weighted by molar-refractivity contribution is 5.94. The number of aryl methyl sites for hydroxylation is 1. The summed E-state index contributed by atoms with van der Waals surface area (Å²) >= 11 is 0. The molecular weight excluding hydrogens is 279 g/mol. The maximum Gasteiger partial charge on any atom is 0.251 e. The normalized spacial score (nSPS) is 18.2. The molecule has 1 aromatic carbocycles. The van der Waals surface area contributed by atoms with Gasteiger partial charge in [-0.2, -0.15) is 0 Å². The van der Waals surface area contributed by atoms with E-state index in [0.29, 0.717) is 23.6 Å². The van der Waals surface area contributed by atoms with Crippen LogP contribution in [0.1, 0.15) is 35.2 Å². The molecule has 2 rings (SSSR count). The third kappa shape index (κ3) is 4.76. The molecule has 5 heteroatoms. The van der Waals surface area contributed by atoms with E-state index in [1.807, 2.05) is 0 Å². The van der Waals surface area contributed by atoms with E-state index in [9.17, 15) is 9.18 Å². The summed E-state index contributed by atoms with van der Waals surface area (Å²) in [5, 5.41) is 6.22. The van der Waals surface area contributed by atoms with Gasteiger partial charge in [0.15, 0.2) is 0 Å². The lowest BCUT2D eigenvalue weighted by molar-refractivity contribution is 0.0950. The van der Waals surface area contributed by atoms with Crippen LogP contribution in [0.15, 0.2) is 18.2 Å². The molecular formula is C15H22ClFN2O. The van der Waals surface area contributed by atoms with Crippen molar-refractivity contribution >= 4 is 18.3 Å². The lowest BCUT2D eigenvalue weighted by atomic mass is 9.96. The lowest BCUT2D eigenvalue weighted by Crippen LogP contribution is -2.33. The second kappa shape index (κ2) is 8.22. The molecule has 2 N–H and O–H groups in total. The molecule has 0 spiro atoms. The summed E-state index contributed by atoms with van der Waals surface area (Å²) in [6, 6.07) is 4.60. The van der Waals surface area contributed by atoms with E-state index in [1.54, 1.807) is 19.1 Å². The van der Waals surface area contributed by atoms with E-state index in [2.05, 4.69) is 10.6 Å². The van der Waals surface area contributed by atoms with Gasteiger partial charge in [-0.15, -0.1) is 12.4 Å². The zero-order valence-electron chi connectivity index (χ0n) is 11.7. The zero-order chi connectivity index (χ0) is 13.7. The van der Waals surface area contributed by atoms with Crippen LogP contribution in [0.25, 0.3) is 0 Å². The predicted octanol–water partition coefficient (Wildman–Crippen LogP) is 2.68. The average Bonchev–Trinajstić information content (AvgIpc) is 2.43. The number of carbonyl (C=O) groups excluding carboxylic acids is 1. The zero-order valence-corrected chi connectivity index (χ0v) is 12.6. The van der Waals surface area contributed by atoms with Gasteiger partial charge in [0.2, 0.25) is 0 Å². The van der Waals surface area contributed by atoms with Gasteiger partial charge in [0.05, 0.1) is 0 Å². The Labute approximate surface area is 125 Å². The molecule has 0 saturated carbocycles. The first-order valence-electron chi connectivity index (χ1n) is 6.92. The maximum atomic E-state index is 13.4. The number of carbonyl (C=O) groups is 1. The van der Waals surface area contributed by atoms with Gasteiger partial charge in [-0.1, -0.05) is 6.07 Å². The summed E-state index contributed by atoms with van der Waals surface area (Å²) in [6.45, 7) is 4.48. The van der Waals surface area contributed by atoms with E-state index < -0.39 is 0 Å². The van der Waals surface area contributed by atoms with Crippen molar-refractivity contribution in [3.05, 3.63) is 35.1 Å². The Balaban J connectivity index is 0.00000200. The van der Waals surface area contributed by atoms with Crippen molar-refractivity contribution < 1.29 is 9.18 Å². The Hall–Kier alpha value is -1.13. The summed E-state index contributed by atoms with van der Waals surface area (Å²) in [6.07, 6.45) is 3.41. The molecule has 1 aliphatic rings. The van der Waals surface area contributed by atoms with Gasteiger partial charge in [0.25, 0.3) is 5.91 Å². The summed E-state index contributed by atoms with van der Waals surface area (Å²) in [7, 11) is 0. The number of amides is 1. The van der Waals surface area contributed by atoms with Gasteiger partial charge in [0.1, 0.15) is 5.82 Å². The molecule has 1 heterocycles. The van der Waals surface area contributed by atoms with Crippen LogP contribution in [0.3, 0.4) is 0 Å². The minimum Gasteiger partial charge on any atom is -0.352 e. The molecule has 1 aromatic rings. The topological polar surface area (TPSA) is 41.1 Å². The van der Waals surface area contributed by atoms with E-state index in [0.717, 1.165) is 19.5 Å². The summed E-state index contributed by atoms with van der Waals surface area (Å²) in [4.78, 5) is 11.9. The van der Waals surface area contributed by atoms with Crippen LogP contribution in [0.4, 0.5) is 4.39 Å². The van der Waals surface area contributed by atoms with Gasteiger partial charge in [0, 0.05) is 12.1 Å². The van der Waals surface area contributed by atoms with Crippen LogP contribution < -0.4 is 10.6 Å². The van der Waals surface area contributed by atoms with Crippen molar-refractivity contribution in [2.45, 2.75) is 26.2 Å². The Morgan fingerprint density at radius 2 is 2.30 bits per heavy atom. The SMILES string of the molecule is Cc1ccc(C(=O)NCCC2CCCNC2)cc1F.Cl. The molecule has 0 aliphatic carbocycles. The third-order valence-electron chi connectivity index (χ3n) is 3.67. The van der Waals surface area contributed by atoms with Crippen molar-refractivity contribution in [1.29, 1.82) is 0 Å². The van der Waals surface area contributed by atoms with Gasteiger partial charge in [-0.3, -0.25) is 4.79 Å². The molecule has 0 bridgehead atoms. The van der Waals surface area contributed by atoms with Crippen LogP contribution >= 0.6 is 12.4 Å². The Morgan fingerprint density at radius 3 is 2.95 bits per heavy atom. The fraction of sp³-hybridized carbons (Fsp3) is 0.533. The molecule has 1 aliphatic heterocycles. The number of benzene rings is 1. The second-order valence-electron chi connectivity index (χ2n) is 5.22. The number of hydrogen-bond acceptors (Lipinski definition) is 2. The highest BCUT2D eigenvalue weighted by Gasteiger charge is 2.13. The van der Waals surface area contributed by atoms with Crippen molar-refractivity contribution in [2.24, 2.45) is 5.92 Å². The molecule has 1 unspecified atom stereocenters. The molecule has 1 amide bonds. The van der Waals surface area contributed by atoms with Crippen LogP contribution in [0.5, 0.6) is 0 Å². The molecule has 0 aromatic heterocycles. The number of hydrogen-bond donors (Lipinski definition) is 2. The average molecular weight is 301 g/mol. The molecule has 20 heavy (non-hydrogen) atoms. The Morgan fingerprint density at radius 1 is 1.50 bits per heavy atom. The Bertz CT molecular complexity index is 447. The molecule has 1 saturated heterocycles. The van der Waals surface area contributed by atoms with E-state index in [4.69, 9.17) is 0 Å². The van der Waals surface area contributed by atoms with Gasteiger partial charge >= 0.3 is 0 Å². The lowest BCUT2D eigenvalue weighted by Gasteiger charge is -2.22. The van der Waals surface area contributed by atoms with E-state index >= 15 is 0 Å². The summed E-state index contributed by atoms with van der Waals surface area (Å²) < 4.78 is 13.4. The third-order valence-corrected chi connectivity index (χ3v) is 3.67. The van der Waals surface area contributed by atoms with E-state index in [1.165, 1.54) is 18.9 Å². The maximum absolute atomic E-state index is 13.4. The largest absolute Gasteiger partial charge is 0.352 e. The highest BCUT2D eigenvalue weighted by atomic mass is 35.5. The van der Waals surface area contributed by atoms with E-state index in [-0.39, 0.29) is 24.1 Å². The first-order chi connectivity index (χ1) is 9.16. The van der Waals surface area contributed by atoms with Gasteiger partial charge in [-0.05, 0) is 62.9 Å². The first-order valence-corrected chi connectivity index (χ1v) is 6.92. The second-order valence-corrected chi connectivity index (χ2v) is 5.22. The van der Waals surface area contributed by atoms with Crippen LogP contribution in [0, 0.1) is 18.7 Å². The number of piperidine rings is 1. The van der Waals surface area contributed by atoms with Crippen molar-refractivity contribution in [3.63, 3.8) is 0 Å². The minimum absolute atomic E-state index is 0. The molecule has 0 radical (unpaired) electrons. The van der Waals surface area contributed by atoms with Crippen LogP contribution in [-0.2, 0) is 0 Å². The smallest absolute Gasteiger partial charge is 0.251 e. The van der Waals surface area contributed by atoms with Crippen molar-refractivity contribution in [2.75, 3.05) is 19.6 Å². The fourth-order valence-corrected chi connectivity index (χ4v) is 2.40. The van der Waals surface area contributed by atoms with Crippen LogP contribution in [0.2, 0.25) is 0 Å². The quantitative estimate of drug-likeness (QED) is 0.897. The number of rotatable bonds is 4. The Kier molecular flexibility index (Phi) is 6.96. The summed E-state index contributed by atoms with van der Waals surface area (Å²) in [5.41, 5.74) is 0.953. The van der Waals surface area contributed by atoms with Crippen molar-refractivity contribution in [1.82, 2.24) is 10.6 Å². The van der Waals surface area contributed by atoms with Crippen molar-refractivity contribution in [3.8, 4) is 0 Å². The van der Waals surface area contributed by atoms with Gasteiger partial charge < -0.3 is 10.6 Å². The molecule has 112 valence electrons. The minimum atomic E-state index is -0.330. The number of nitrogens with one attached hydrogen (secondary N) is 2. The first kappa shape index (κ1) is 16.9. The fourth-order valence-electron chi connectivity index (χ4n) is 2.40. The molecule has 3 nitrogen and oxygen atoms in total. The van der Waals surface area contributed by atoms with Crippen LogP contribution in [-0.4, -0.2) is 25.5 Å². The standard InChI is InChI=1S/C15H21FN2O.ClH/c1-11-4-5-13(9-14(11)16)15(19)18-8-6-12-3-2-7-17-10-12;/h4-5,9,12,17H,2-3,6-8,10H2,1H3,(H,18,19);1H. The van der Waals surface area contributed by atoms with Gasteiger partial charge in [-0.25, -0.2) is 4.39 Å². The monoisotopic (exact) mass is 300 g/mol. The number of halogens is 2. The summed E-state index contributed by atoms with van der Waals surface area (Å²) in [5.74, 6) is 0.121. The molecule has 1 atom stereocenters. The molecule has 1 fully saturated rings. The predicted molar refractivity (Wildman–Crippen MR) is 80.9 cm³/mol.